The van der Waals surface area contributed by atoms with Gasteiger partial charge in [-0.3, -0.25) is 24.0 Å². The Morgan fingerprint density at radius 3 is 2.08 bits per heavy atom. The summed E-state index contributed by atoms with van der Waals surface area (Å²) in [6.07, 6.45) is -0.681. The maximum absolute atomic E-state index is 13.5. The van der Waals surface area contributed by atoms with Gasteiger partial charge in [0.05, 0.1) is 43.2 Å². The number of carbonyl (C=O) groups excluding carboxylic acids is 5. The van der Waals surface area contributed by atoms with Crippen molar-refractivity contribution in [3.05, 3.63) is 21.8 Å². The van der Waals surface area contributed by atoms with Crippen LogP contribution in [0.15, 0.2) is 0 Å². The SMILES string of the molecule is CNC(=O)c1c(I)c(C(=O)NCC(COC(C)=O)OC(C)=O)c(I)c(N(CCC2COC(C)(C)O2)C(C)=O)c1I. The third-order valence-electron chi connectivity index (χ3n) is 5.66. The van der Waals surface area contributed by atoms with E-state index in [0.29, 0.717) is 29.4 Å². The van der Waals surface area contributed by atoms with Crippen LogP contribution in [0.3, 0.4) is 0 Å². The fraction of sp³-hybridized carbons (Fsp3) is 0.560. The second kappa shape index (κ2) is 15.2. The van der Waals surface area contributed by atoms with E-state index >= 15 is 0 Å². The maximum Gasteiger partial charge on any atom is 0.303 e. The molecule has 3 amide bonds. The summed E-state index contributed by atoms with van der Waals surface area (Å²) < 4.78 is 23.0. The van der Waals surface area contributed by atoms with E-state index in [0.717, 1.165) is 0 Å². The van der Waals surface area contributed by atoms with Gasteiger partial charge in [-0.2, -0.15) is 0 Å². The topological polar surface area (TPSA) is 150 Å². The van der Waals surface area contributed by atoms with Crippen LogP contribution in [-0.4, -0.2) is 81.0 Å². The van der Waals surface area contributed by atoms with Gasteiger partial charge in [-0.05, 0) is 88.0 Å². The molecule has 2 atom stereocenters. The van der Waals surface area contributed by atoms with Gasteiger partial charge in [0.15, 0.2) is 11.9 Å². The van der Waals surface area contributed by atoms with Gasteiger partial charge in [0.1, 0.15) is 6.61 Å². The molecule has 0 aromatic heterocycles. The first-order valence-electron chi connectivity index (χ1n) is 12.2. The number of halogens is 3. The number of esters is 2. The standard InChI is InChI=1S/C25H32I3N3O9/c1-12(32)31(8-7-15-11-38-25(4,5)40-15)22-20(27)17(23(35)29-6)19(26)18(21(22)28)24(36)30-9-16(39-14(3)34)10-37-13(2)33/h15-16H,7-11H2,1-6H3,(H,29,35)(H,30,36). The lowest BCUT2D eigenvalue weighted by molar-refractivity contribution is -0.155. The molecule has 1 fully saturated rings. The molecule has 0 saturated carbocycles. The van der Waals surface area contributed by atoms with Crippen LogP contribution >= 0.6 is 67.8 Å². The number of nitrogens with zero attached hydrogens (tertiary/aromatic N) is 1. The van der Waals surface area contributed by atoms with Crippen molar-refractivity contribution < 1.29 is 42.9 Å². The van der Waals surface area contributed by atoms with Crippen molar-refractivity contribution >= 4 is 103 Å². The van der Waals surface area contributed by atoms with Crippen molar-refractivity contribution in [1.29, 1.82) is 0 Å². The van der Waals surface area contributed by atoms with E-state index in [9.17, 15) is 24.0 Å². The molecule has 2 rings (SSSR count). The number of carbonyl (C=O) groups is 5. The normalized spacial score (nSPS) is 16.6. The minimum Gasteiger partial charge on any atom is -0.462 e. The minimum absolute atomic E-state index is 0.153. The first-order chi connectivity index (χ1) is 18.6. The molecule has 1 aliphatic heterocycles. The highest BCUT2D eigenvalue weighted by Gasteiger charge is 2.35. The zero-order valence-electron chi connectivity index (χ0n) is 22.9. The second-order valence-electron chi connectivity index (χ2n) is 9.27. The first kappa shape index (κ1) is 34.9. The maximum atomic E-state index is 13.5. The van der Waals surface area contributed by atoms with E-state index < -0.39 is 35.6 Å². The molecule has 1 aromatic rings. The van der Waals surface area contributed by atoms with E-state index in [1.54, 1.807) is 0 Å². The third kappa shape index (κ3) is 9.35. The number of benzene rings is 1. The molecular weight excluding hydrogens is 867 g/mol. The van der Waals surface area contributed by atoms with Crippen molar-refractivity contribution in [1.82, 2.24) is 10.6 Å². The largest absolute Gasteiger partial charge is 0.462 e. The first-order valence-corrected chi connectivity index (χ1v) is 15.4. The molecule has 0 spiro atoms. The van der Waals surface area contributed by atoms with Crippen molar-refractivity contribution in [2.24, 2.45) is 0 Å². The van der Waals surface area contributed by atoms with Gasteiger partial charge in [-0.15, -0.1) is 0 Å². The summed E-state index contributed by atoms with van der Waals surface area (Å²) in [4.78, 5) is 63.7. The lowest BCUT2D eigenvalue weighted by Crippen LogP contribution is -2.39. The number of nitrogens with one attached hydrogen (secondary N) is 2. The Balaban J connectivity index is 2.48. The van der Waals surface area contributed by atoms with Gasteiger partial charge in [-0.1, -0.05) is 0 Å². The fourth-order valence-electron chi connectivity index (χ4n) is 3.89. The van der Waals surface area contributed by atoms with Crippen LogP contribution in [0.25, 0.3) is 0 Å². The Morgan fingerprint density at radius 1 is 1.00 bits per heavy atom. The Kier molecular flexibility index (Phi) is 13.3. The average Bonchev–Trinajstić information content (AvgIpc) is 3.20. The minimum atomic E-state index is -0.922. The molecule has 0 radical (unpaired) electrons. The summed E-state index contributed by atoms with van der Waals surface area (Å²) in [5.41, 5.74) is 0.846. The zero-order valence-corrected chi connectivity index (χ0v) is 29.4. The van der Waals surface area contributed by atoms with E-state index in [4.69, 9.17) is 18.9 Å². The fourth-order valence-corrected chi connectivity index (χ4v) is 8.62. The summed E-state index contributed by atoms with van der Waals surface area (Å²) in [7, 11) is 1.48. The molecule has 0 aliphatic carbocycles. The van der Waals surface area contributed by atoms with Crippen LogP contribution < -0.4 is 15.5 Å². The number of hydrogen-bond acceptors (Lipinski definition) is 9. The molecule has 1 aliphatic rings. The average molecular weight is 899 g/mol. The molecule has 2 N–H and O–H groups in total. The number of rotatable bonds is 11. The van der Waals surface area contributed by atoms with Crippen LogP contribution in [0.1, 0.15) is 61.8 Å². The second-order valence-corrected chi connectivity index (χ2v) is 12.5. The van der Waals surface area contributed by atoms with E-state index in [2.05, 4.69) is 10.6 Å². The van der Waals surface area contributed by atoms with Crippen LogP contribution in [0.4, 0.5) is 5.69 Å². The lowest BCUT2D eigenvalue weighted by atomic mass is 10.1. The molecule has 222 valence electrons. The smallest absolute Gasteiger partial charge is 0.303 e. The van der Waals surface area contributed by atoms with Crippen LogP contribution in [-0.2, 0) is 33.3 Å². The van der Waals surface area contributed by atoms with Gasteiger partial charge in [0.25, 0.3) is 11.8 Å². The number of hydrogen-bond donors (Lipinski definition) is 2. The summed E-state index contributed by atoms with van der Waals surface area (Å²) in [6, 6.07) is 0. The molecule has 1 saturated heterocycles. The highest BCUT2D eigenvalue weighted by atomic mass is 127. The summed E-state index contributed by atoms with van der Waals surface area (Å²) in [5, 5.41) is 5.30. The molecule has 2 unspecified atom stereocenters. The number of amides is 3. The molecule has 1 heterocycles. The van der Waals surface area contributed by atoms with Crippen molar-refractivity contribution in [2.75, 3.05) is 38.3 Å². The van der Waals surface area contributed by atoms with Crippen LogP contribution in [0, 0.1) is 10.7 Å². The van der Waals surface area contributed by atoms with Gasteiger partial charge in [-0.25, -0.2) is 0 Å². The Bertz CT molecular complexity index is 1180. The summed E-state index contributed by atoms with van der Waals surface area (Å²) in [5.74, 6) is -3.14. The van der Waals surface area contributed by atoms with E-state index in [-0.39, 0.29) is 42.8 Å². The molecule has 12 nitrogen and oxygen atoms in total. The number of anilines is 1. The van der Waals surface area contributed by atoms with Gasteiger partial charge >= 0.3 is 11.9 Å². The number of ether oxygens (including phenoxy) is 4. The Labute approximate surface area is 273 Å². The van der Waals surface area contributed by atoms with Crippen molar-refractivity contribution in [3.63, 3.8) is 0 Å². The van der Waals surface area contributed by atoms with Gasteiger partial charge in [0, 0.05) is 37.9 Å². The van der Waals surface area contributed by atoms with E-state index in [1.165, 1.54) is 32.7 Å². The quantitative estimate of drug-likeness (QED) is 0.253. The van der Waals surface area contributed by atoms with Crippen LogP contribution in [0.5, 0.6) is 0 Å². The molecule has 1 aromatic carbocycles. The molecule has 15 heteroatoms. The van der Waals surface area contributed by atoms with Crippen molar-refractivity contribution in [2.45, 2.75) is 59.0 Å². The predicted octanol–water partition coefficient (Wildman–Crippen LogP) is 2.98. The molecule has 0 bridgehead atoms. The molecular formula is C25H32I3N3O9. The van der Waals surface area contributed by atoms with Gasteiger partial charge in [0.2, 0.25) is 5.91 Å². The highest BCUT2D eigenvalue weighted by Crippen LogP contribution is 2.38. The lowest BCUT2D eigenvalue weighted by Gasteiger charge is -2.28. The van der Waals surface area contributed by atoms with Gasteiger partial charge < -0.3 is 34.5 Å². The Morgan fingerprint density at radius 2 is 1.60 bits per heavy atom. The summed E-state index contributed by atoms with van der Waals surface area (Å²) >= 11 is 5.95. The van der Waals surface area contributed by atoms with Crippen LogP contribution in [0.2, 0.25) is 0 Å². The monoisotopic (exact) mass is 899 g/mol. The zero-order chi connectivity index (χ0) is 30.4. The molecule has 40 heavy (non-hydrogen) atoms. The Hall–Kier alpha value is -1.32. The highest BCUT2D eigenvalue weighted by molar-refractivity contribution is 14.1. The predicted molar refractivity (Wildman–Crippen MR) is 170 cm³/mol. The summed E-state index contributed by atoms with van der Waals surface area (Å²) in [6.45, 7) is 7.72. The van der Waals surface area contributed by atoms with Crippen molar-refractivity contribution in [3.8, 4) is 0 Å². The third-order valence-corrected chi connectivity index (χ3v) is 8.84. The van der Waals surface area contributed by atoms with E-state index in [1.807, 2.05) is 81.6 Å².